The SMILES string of the molecule is CC(C)c1ccc(Oc2cccc(Cl)c2C(=O)O)cc1. The molecule has 0 amide bonds. The highest BCUT2D eigenvalue weighted by molar-refractivity contribution is 6.33. The topological polar surface area (TPSA) is 46.5 Å². The molecule has 0 aromatic heterocycles. The Morgan fingerprint density at radius 2 is 1.80 bits per heavy atom. The van der Waals surface area contributed by atoms with E-state index in [0.29, 0.717) is 11.7 Å². The first-order valence-electron chi connectivity index (χ1n) is 6.28. The maximum Gasteiger partial charge on any atom is 0.341 e. The highest BCUT2D eigenvalue weighted by atomic mass is 35.5. The second-order valence-corrected chi connectivity index (χ2v) is 5.15. The predicted molar refractivity (Wildman–Crippen MR) is 79.0 cm³/mol. The summed E-state index contributed by atoms with van der Waals surface area (Å²) in [5, 5.41) is 9.34. The van der Waals surface area contributed by atoms with E-state index in [1.54, 1.807) is 12.1 Å². The number of ether oxygens (including phenoxy) is 1. The van der Waals surface area contributed by atoms with E-state index < -0.39 is 5.97 Å². The first kappa shape index (κ1) is 14.4. The summed E-state index contributed by atoms with van der Waals surface area (Å²) >= 11 is 5.90. The molecule has 0 radical (unpaired) electrons. The molecule has 0 heterocycles. The third-order valence-electron chi connectivity index (χ3n) is 2.96. The fourth-order valence-electron chi connectivity index (χ4n) is 1.84. The van der Waals surface area contributed by atoms with Crippen molar-refractivity contribution in [1.29, 1.82) is 0 Å². The highest BCUT2D eigenvalue weighted by Crippen LogP contribution is 2.31. The molecule has 0 aliphatic heterocycles. The number of carbonyl (C=O) groups is 1. The minimum atomic E-state index is -1.11. The van der Waals surface area contributed by atoms with Crippen molar-refractivity contribution in [3.63, 3.8) is 0 Å². The van der Waals surface area contributed by atoms with Crippen LogP contribution in [0, 0.1) is 0 Å². The third-order valence-corrected chi connectivity index (χ3v) is 3.28. The zero-order valence-corrected chi connectivity index (χ0v) is 12.0. The number of hydrogen-bond acceptors (Lipinski definition) is 2. The number of carboxylic acid groups (broad SMARTS) is 1. The number of carboxylic acids is 1. The van der Waals surface area contributed by atoms with Gasteiger partial charge in [-0.2, -0.15) is 0 Å². The molecule has 3 nitrogen and oxygen atoms in total. The van der Waals surface area contributed by atoms with Crippen LogP contribution in [0.1, 0.15) is 35.7 Å². The van der Waals surface area contributed by atoms with Gasteiger partial charge in [-0.15, -0.1) is 0 Å². The summed E-state index contributed by atoms with van der Waals surface area (Å²) in [6, 6.07) is 12.3. The molecule has 0 aliphatic carbocycles. The van der Waals surface area contributed by atoms with Gasteiger partial charge in [-0.25, -0.2) is 4.79 Å². The smallest absolute Gasteiger partial charge is 0.341 e. The molecule has 0 spiro atoms. The van der Waals surface area contributed by atoms with Gasteiger partial charge in [0.1, 0.15) is 17.1 Å². The van der Waals surface area contributed by atoms with Crippen molar-refractivity contribution in [2.75, 3.05) is 0 Å². The van der Waals surface area contributed by atoms with E-state index in [-0.39, 0.29) is 16.3 Å². The summed E-state index contributed by atoms with van der Waals surface area (Å²) in [4.78, 5) is 11.2. The molecule has 1 N–H and O–H groups in total. The summed E-state index contributed by atoms with van der Waals surface area (Å²) in [5.74, 6) is 0.149. The van der Waals surface area contributed by atoms with E-state index in [1.807, 2.05) is 24.3 Å². The minimum Gasteiger partial charge on any atom is -0.478 e. The maximum atomic E-state index is 11.2. The van der Waals surface area contributed by atoms with Crippen molar-refractivity contribution in [1.82, 2.24) is 0 Å². The summed E-state index contributed by atoms with van der Waals surface area (Å²) in [5.41, 5.74) is 1.17. The molecule has 0 saturated carbocycles. The van der Waals surface area contributed by atoms with Crippen LogP contribution >= 0.6 is 11.6 Å². The lowest BCUT2D eigenvalue weighted by Gasteiger charge is -2.11. The Morgan fingerprint density at radius 1 is 1.15 bits per heavy atom. The van der Waals surface area contributed by atoms with Crippen LogP contribution < -0.4 is 4.74 Å². The van der Waals surface area contributed by atoms with Crippen LogP contribution in [0.3, 0.4) is 0 Å². The van der Waals surface area contributed by atoms with Crippen molar-refractivity contribution >= 4 is 17.6 Å². The largest absolute Gasteiger partial charge is 0.478 e. The van der Waals surface area contributed by atoms with Gasteiger partial charge in [0.25, 0.3) is 0 Å². The number of aromatic carboxylic acids is 1. The molecule has 0 unspecified atom stereocenters. The second-order valence-electron chi connectivity index (χ2n) is 4.74. The van der Waals surface area contributed by atoms with Crippen molar-refractivity contribution in [2.45, 2.75) is 19.8 Å². The van der Waals surface area contributed by atoms with Crippen LogP contribution in [0.2, 0.25) is 5.02 Å². The van der Waals surface area contributed by atoms with Crippen molar-refractivity contribution < 1.29 is 14.6 Å². The molecule has 0 saturated heterocycles. The molecule has 0 atom stereocenters. The fraction of sp³-hybridized carbons (Fsp3) is 0.188. The Labute approximate surface area is 122 Å². The normalized spacial score (nSPS) is 10.6. The van der Waals surface area contributed by atoms with Gasteiger partial charge in [0.15, 0.2) is 0 Å². The Hall–Kier alpha value is -2.00. The summed E-state index contributed by atoms with van der Waals surface area (Å²) in [6.07, 6.45) is 0. The lowest BCUT2D eigenvalue weighted by molar-refractivity contribution is 0.0694. The second kappa shape index (κ2) is 5.97. The molecule has 2 aromatic rings. The maximum absolute atomic E-state index is 11.2. The van der Waals surface area contributed by atoms with Crippen molar-refractivity contribution in [2.24, 2.45) is 0 Å². The average Bonchev–Trinajstić information content (AvgIpc) is 2.39. The van der Waals surface area contributed by atoms with Crippen molar-refractivity contribution in [3.05, 3.63) is 58.6 Å². The highest BCUT2D eigenvalue weighted by Gasteiger charge is 2.16. The fourth-order valence-corrected chi connectivity index (χ4v) is 2.09. The van der Waals surface area contributed by atoms with Crippen LogP contribution in [-0.4, -0.2) is 11.1 Å². The average molecular weight is 291 g/mol. The van der Waals surface area contributed by atoms with Gasteiger partial charge in [0, 0.05) is 0 Å². The Balaban J connectivity index is 2.30. The van der Waals surface area contributed by atoms with Crippen LogP contribution in [0.5, 0.6) is 11.5 Å². The molecular formula is C16H15ClO3. The quantitative estimate of drug-likeness (QED) is 0.866. The molecule has 0 bridgehead atoms. The van der Waals surface area contributed by atoms with Gasteiger partial charge in [-0.05, 0) is 35.7 Å². The standard InChI is InChI=1S/C16H15ClO3/c1-10(2)11-6-8-12(9-7-11)20-14-5-3-4-13(17)15(14)16(18)19/h3-10H,1-2H3,(H,18,19). The minimum absolute atomic E-state index is 0.0258. The van der Waals surface area contributed by atoms with E-state index in [4.69, 9.17) is 16.3 Å². The predicted octanol–water partition coefficient (Wildman–Crippen LogP) is 4.95. The summed E-state index contributed by atoms with van der Waals surface area (Å²) in [6.45, 7) is 4.21. The lowest BCUT2D eigenvalue weighted by Crippen LogP contribution is -2.01. The van der Waals surface area contributed by atoms with Crippen LogP contribution in [0.15, 0.2) is 42.5 Å². The number of benzene rings is 2. The van der Waals surface area contributed by atoms with E-state index >= 15 is 0 Å². The zero-order valence-electron chi connectivity index (χ0n) is 11.3. The summed E-state index contributed by atoms with van der Waals surface area (Å²) < 4.78 is 5.62. The first-order chi connectivity index (χ1) is 9.49. The van der Waals surface area contributed by atoms with Crippen LogP contribution in [0.4, 0.5) is 0 Å². The van der Waals surface area contributed by atoms with Gasteiger partial charge < -0.3 is 9.84 Å². The summed E-state index contributed by atoms with van der Waals surface area (Å²) in [7, 11) is 0. The van der Waals surface area contributed by atoms with Crippen LogP contribution in [-0.2, 0) is 0 Å². The Bertz CT molecular complexity index is 618. The molecule has 4 heteroatoms. The Kier molecular flexibility index (Phi) is 4.30. The molecule has 0 fully saturated rings. The molecular weight excluding hydrogens is 276 g/mol. The van der Waals surface area contributed by atoms with Crippen LogP contribution in [0.25, 0.3) is 0 Å². The van der Waals surface area contributed by atoms with Gasteiger partial charge in [0.05, 0.1) is 5.02 Å². The van der Waals surface area contributed by atoms with E-state index in [0.717, 1.165) is 0 Å². The van der Waals surface area contributed by atoms with Gasteiger partial charge >= 0.3 is 5.97 Å². The molecule has 2 rings (SSSR count). The molecule has 2 aromatic carbocycles. The zero-order chi connectivity index (χ0) is 14.7. The number of rotatable bonds is 4. The van der Waals surface area contributed by atoms with E-state index in [9.17, 15) is 9.90 Å². The molecule has 104 valence electrons. The lowest BCUT2D eigenvalue weighted by atomic mass is 10.0. The number of hydrogen-bond donors (Lipinski definition) is 1. The number of halogens is 1. The monoisotopic (exact) mass is 290 g/mol. The third kappa shape index (κ3) is 3.11. The van der Waals surface area contributed by atoms with Gasteiger partial charge in [0.2, 0.25) is 0 Å². The van der Waals surface area contributed by atoms with E-state index in [1.165, 1.54) is 11.6 Å². The van der Waals surface area contributed by atoms with Gasteiger partial charge in [-0.1, -0.05) is 43.6 Å². The molecule has 0 aliphatic rings. The van der Waals surface area contributed by atoms with Gasteiger partial charge in [-0.3, -0.25) is 0 Å². The van der Waals surface area contributed by atoms with Crippen molar-refractivity contribution in [3.8, 4) is 11.5 Å². The van der Waals surface area contributed by atoms with E-state index in [2.05, 4.69) is 13.8 Å². The Morgan fingerprint density at radius 3 is 2.35 bits per heavy atom. The molecule has 20 heavy (non-hydrogen) atoms. The first-order valence-corrected chi connectivity index (χ1v) is 6.66.